The third-order valence-electron chi connectivity index (χ3n) is 2.38. The van der Waals surface area contributed by atoms with Crippen LogP contribution in [0.4, 0.5) is 0 Å². The van der Waals surface area contributed by atoms with Crippen molar-refractivity contribution in [3.05, 3.63) is 11.9 Å². The monoisotopic (exact) mass is 181 g/mol. The van der Waals surface area contributed by atoms with Crippen LogP contribution in [-0.2, 0) is 13.1 Å². The minimum absolute atomic E-state index is 0.477. The molecule has 0 atom stereocenters. The van der Waals surface area contributed by atoms with Crippen LogP contribution in [0.5, 0.6) is 0 Å². The third kappa shape index (κ3) is 1.87. The van der Waals surface area contributed by atoms with Crippen molar-refractivity contribution in [2.45, 2.75) is 13.1 Å². The first kappa shape index (κ1) is 8.65. The summed E-state index contributed by atoms with van der Waals surface area (Å²) >= 11 is 0. The van der Waals surface area contributed by atoms with Crippen molar-refractivity contribution in [3.63, 3.8) is 0 Å². The van der Waals surface area contributed by atoms with Crippen molar-refractivity contribution in [1.82, 2.24) is 19.9 Å². The number of hydrogen-bond donors (Lipinski definition) is 1. The van der Waals surface area contributed by atoms with Gasteiger partial charge in [-0.25, -0.2) is 0 Å². The predicted octanol–water partition coefficient (Wildman–Crippen LogP) is -0.702. The number of rotatable bonds is 3. The van der Waals surface area contributed by atoms with E-state index in [1.54, 1.807) is 0 Å². The molecule has 1 aromatic rings. The Morgan fingerprint density at radius 1 is 1.62 bits per heavy atom. The maximum atomic E-state index is 5.44. The van der Waals surface area contributed by atoms with Crippen molar-refractivity contribution in [3.8, 4) is 0 Å². The van der Waals surface area contributed by atoms with Crippen LogP contribution in [0, 0.1) is 5.92 Å². The standard InChI is InChI=1S/C8H15N5/c1-12-3-7(4-12)5-13-6-8(2-9)10-11-13/h6-7H,2-5,9H2,1H3. The first-order chi connectivity index (χ1) is 6.28. The Bertz CT molecular complexity index is 276. The molecule has 2 rings (SSSR count). The summed E-state index contributed by atoms with van der Waals surface area (Å²) in [5, 5.41) is 7.94. The molecule has 0 radical (unpaired) electrons. The van der Waals surface area contributed by atoms with E-state index in [-0.39, 0.29) is 0 Å². The molecule has 0 aromatic carbocycles. The number of nitrogens with zero attached hydrogens (tertiary/aromatic N) is 4. The van der Waals surface area contributed by atoms with Gasteiger partial charge in [0.15, 0.2) is 0 Å². The van der Waals surface area contributed by atoms with E-state index in [9.17, 15) is 0 Å². The lowest BCUT2D eigenvalue weighted by Crippen LogP contribution is -2.45. The second kappa shape index (κ2) is 3.43. The summed E-state index contributed by atoms with van der Waals surface area (Å²) in [6.45, 7) is 3.78. The van der Waals surface area contributed by atoms with Gasteiger partial charge in [-0.05, 0) is 7.05 Å². The van der Waals surface area contributed by atoms with Crippen molar-refractivity contribution >= 4 is 0 Å². The molecule has 0 unspecified atom stereocenters. The van der Waals surface area contributed by atoms with Crippen molar-refractivity contribution in [1.29, 1.82) is 0 Å². The number of hydrogen-bond acceptors (Lipinski definition) is 4. The Morgan fingerprint density at radius 3 is 2.92 bits per heavy atom. The summed E-state index contributed by atoms with van der Waals surface area (Å²) < 4.78 is 1.89. The van der Waals surface area contributed by atoms with Crippen LogP contribution in [0.2, 0.25) is 0 Å². The third-order valence-corrected chi connectivity index (χ3v) is 2.38. The van der Waals surface area contributed by atoms with E-state index >= 15 is 0 Å². The summed E-state index contributed by atoms with van der Waals surface area (Å²) in [6.07, 6.45) is 1.93. The van der Waals surface area contributed by atoms with Gasteiger partial charge >= 0.3 is 0 Å². The topological polar surface area (TPSA) is 60.0 Å². The van der Waals surface area contributed by atoms with Crippen LogP contribution >= 0.6 is 0 Å². The Morgan fingerprint density at radius 2 is 2.38 bits per heavy atom. The highest BCUT2D eigenvalue weighted by Gasteiger charge is 2.23. The Kier molecular flexibility index (Phi) is 2.28. The fourth-order valence-corrected chi connectivity index (χ4v) is 1.73. The number of aromatic nitrogens is 3. The van der Waals surface area contributed by atoms with Gasteiger partial charge in [0.25, 0.3) is 0 Å². The summed E-state index contributed by atoms with van der Waals surface area (Å²) in [4.78, 5) is 2.30. The summed E-state index contributed by atoms with van der Waals surface area (Å²) in [5.74, 6) is 0.734. The van der Waals surface area contributed by atoms with Crippen LogP contribution in [0.3, 0.4) is 0 Å². The molecule has 0 amide bonds. The lowest BCUT2D eigenvalue weighted by Gasteiger charge is -2.35. The lowest BCUT2D eigenvalue weighted by molar-refractivity contribution is 0.115. The highest BCUT2D eigenvalue weighted by molar-refractivity contribution is 4.91. The number of likely N-dealkylation sites (tertiary alicyclic amines) is 1. The van der Waals surface area contributed by atoms with Gasteiger partial charge in [-0.3, -0.25) is 4.68 Å². The van der Waals surface area contributed by atoms with E-state index in [1.165, 1.54) is 0 Å². The molecule has 1 aromatic heterocycles. The Balaban J connectivity index is 1.87. The minimum atomic E-state index is 0.477. The zero-order valence-electron chi connectivity index (χ0n) is 7.85. The van der Waals surface area contributed by atoms with Gasteiger partial charge in [0.2, 0.25) is 0 Å². The summed E-state index contributed by atoms with van der Waals surface area (Å²) in [7, 11) is 2.13. The van der Waals surface area contributed by atoms with Gasteiger partial charge < -0.3 is 10.6 Å². The van der Waals surface area contributed by atoms with Gasteiger partial charge in [-0.15, -0.1) is 5.10 Å². The van der Waals surface area contributed by atoms with Gasteiger partial charge in [0, 0.05) is 38.3 Å². The molecule has 13 heavy (non-hydrogen) atoms. The maximum Gasteiger partial charge on any atom is 0.0962 e. The highest BCUT2D eigenvalue weighted by Crippen LogP contribution is 2.14. The molecule has 72 valence electrons. The SMILES string of the molecule is CN1CC(Cn2cc(CN)nn2)C1. The molecule has 0 spiro atoms. The molecule has 1 saturated heterocycles. The molecule has 2 N–H and O–H groups in total. The fourth-order valence-electron chi connectivity index (χ4n) is 1.73. The maximum absolute atomic E-state index is 5.44. The van der Waals surface area contributed by atoms with E-state index in [2.05, 4.69) is 22.3 Å². The van der Waals surface area contributed by atoms with Crippen LogP contribution in [0.25, 0.3) is 0 Å². The quantitative estimate of drug-likeness (QED) is 0.669. The fraction of sp³-hybridized carbons (Fsp3) is 0.750. The van der Waals surface area contributed by atoms with Crippen molar-refractivity contribution in [2.24, 2.45) is 11.7 Å². The zero-order chi connectivity index (χ0) is 9.26. The molecular weight excluding hydrogens is 166 g/mol. The first-order valence-corrected chi connectivity index (χ1v) is 4.55. The average molecular weight is 181 g/mol. The molecule has 2 heterocycles. The van der Waals surface area contributed by atoms with E-state index in [4.69, 9.17) is 5.73 Å². The lowest BCUT2D eigenvalue weighted by atomic mass is 10.0. The number of nitrogens with two attached hydrogens (primary N) is 1. The minimum Gasteiger partial charge on any atom is -0.325 e. The van der Waals surface area contributed by atoms with Gasteiger partial charge in [0.1, 0.15) is 0 Å². The Labute approximate surface area is 77.5 Å². The smallest absolute Gasteiger partial charge is 0.0962 e. The summed E-state index contributed by atoms with van der Waals surface area (Å²) in [5.41, 5.74) is 6.31. The zero-order valence-corrected chi connectivity index (χ0v) is 7.85. The van der Waals surface area contributed by atoms with E-state index in [1.807, 2.05) is 10.9 Å². The van der Waals surface area contributed by atoms with Crippen molar-refractivity contribution < 1.29 is 0 Å². The average Bonchev–Trinajstić information content (AvgIpc) is 2.50. The Hall–Kier alpha value is -0.940. The van der Waals surface area contributed by atoms with Crippen LogP contribution in [0.15, 0.2) is 6.20 Å². The van der Waals surface area contributed by atoms with E-state index < -0.39 is 0 Å². The van der Waals surface area contributed by atoms with Crippen molar-refractivity contribution in [2.75, 3.05) is 20.1 Å². The molecule has 0 saturated carbocycles. The molecule has 5 heteroatoms. The van der Waals surface area contributed by atoms with E-state index in [0.29, 0.717) is 6.54 Å². The summed E-state index contributed by atoms with van der Waals surface area (Å²) in [6, 6.07) is 0. The van der Waals surface area contributed by atoms with Gasteiger partial charge in [0.05, 0.1) is 5.69 Å². The van der Waals surface area contributed by atoms with Gasteiger partial charge in [-0.1, -0.05) is 5.21 Å². The second-order valence-electron chi connectivity index (χ2n) is 3.72. The molecule has 1 aliphatic heterocycles. The highest BCUT2D eigenvalue weighted by atomic mass is 15.4. The van der Waals surface area contributed by atoms with Crippen LogP contribution in [0.1, 0.15) is 5.69 Å². The van der Waals surface area contributed by atoms with Crippen LogP contribution < -0.4 is 5.73 Å². The molecule has 1 aliphatic rings. The predicted molar refractivity (Wildman–Crippen MR) is 48.9 cm³/mol. The normalized spacial score (nSPS) is 18.9. The molecular formula is C8H15N5. The first-order valence-electron chi connectivity index (χ1n) is 4.55. The molecule has 5 nitrogen and oxygen atoms in total. The molecule has 0 aliphatic carbocycles. The molecule has 0 bridgehead atoms. The van der Waals surface area contributed by atoms with Gasteiger partial charge in [-0.2, -0.15) is 0 Å². The molecule has 1 fully saturated rings. The second-order valence-corrected chi connectivity index (χ2v) is 3.72. The largest absolute Gasteiger partial charge is 0.325 e. The van der Waals surface area contributed by atoms with E-state index in [0.717, 1.165) is 31.2 Å². The van der Waals surface area contributed by atoms with Crippen LogP contribution in [-0.4, -0.2) is 40.0 Å².